The first-order valence-electron chi connectivity index (χ1n) is 16.0. The average Bonchev–Trinajstić information content (AvgIpc) is 3.93. The molecule has 2 amide bonds. The topological polar surface area (TPSA) is 87.7 Å². The Morgan fingerprint density at radius 1 is 1.02 bits per heavy atom. The van der Waals surface area contributed by atoms with Crippen molar-refractivity contribution in [2.24, 2.45) is 5.92 Å². The molecule has 3 aliphatic rings. The van der Waals surface area contributed by atoms with Gasteiger partial charge in [-0.3, -0.25) is 9.59 Å². The first kappa shape index (κ1) is 31.7. The molecule has 0 unspecified atom stereocenters. The van der Waals surface area contributed by atoms with E-state index < -0.39 is 14.4 Å². The SMILES string of the molecule is CN(C(=O)[C@H]1C[C@H](O[Si](C)(C)C(C)(C)C)CN1c1cc(NC(=O)[C@H]2C[C@@H]2c2cccc(Cl)c2)ncn1)c1ccc(C2CC2)cc1. The van der Waals surface area contributed by atoms with Crippen LogP contribution in [-0.2, 0) is 14.0 Å². The molecule has 3 aromatic rings. The molecule has 1 saturated heterocycles. The summed E-state index contributed by atoms with van der Waals surface area (Å²) in [5.41, 5.74) is 3.28. The van der Waals surface area contributed by atoms with Gasteiger partial charge in [0.2, 0.25) is 11.8 Å². The van der Waals surface area contributed by atoms with Crippen LogP contribution in [0.1, 0.15) is 69.4 Å². The summed E-state index contributed by atoms with van der Waals surface area (Å²) in [7, 11) is -0.254. The van der Waals surface area contributed by atoms with Gasteiger partial charge in [0, 0.05) is 42.7 Å². The molecule has 0 radical (unpaired) electrons. The molecule has 8 nitrogen and oxygen atoms in total. The van der Waals surface area contributed by atoms with Crippen LogP contribution in [0.15, 0.2) is 60.9 Å². The first-order valence-corrected chi connectivity index (χ1v) is 19.3. The van der Waals surface area contributed by atoms with Gasteiger partial charge < -0.3 is 19.5 Å². The molecule has 3 fully saturated rings. The predicted molar refractivity (Wildman–Crippen MR) is 183 cm³/mol. The lowest BCUT2D eigenvalue weighted by molar-refractivity contribution is -0.119. The van der Waals surface area contributed by atoms with Crippen molar-refractivity contribution in [2.45, 2.75) is 88.6 Å². The number of carbonyl (C=O) groups excluding carboxylic acids is 2. The van der Waals surface area contributed by atoms with Crippen molar-refractivity contribution in [3.63, 3.8) is 0 Å². The number of hydrogen-bond donors (Lipinski definition) is 1. The van der Waals surface area contributed by atoms with Gasteiger partial charge in [-0.25, -0.2) is 9.97 Å². The fourth-order valence-electron chi connectivity index (χ4n) is 6.08. The van der Waals surface area contributed by atoms with Crippen molar-refractivity contribution in [3.05, 3.63) is 77.1 Å². The Morgan fingerprint density at radius 3 is 2.42 bits per heavy atom. The number of nitrogens with zero attached hydrogens (tertiary/aromatic N) is 4. The maximum Gasteiger partial charge on any atom is 0.249 e. The fourth-order valence-corrected chi connectivity index (χ4v) is 7.64. The zero-order chi connectivity index (χ0) is 32.1. The monoisotopic (exact) mass is 645 g/mol. The number of carbonyl (C=O) groups is 2. The molecule has 0 bridgehead atoms. The van der Waals surface area contributed by atoms with E-state index in [0.717, 1.165) is 17.7 Å². The summed E-state index contributed by atoms with van der Waals surface area (Å²) in [6.45, 7) is 11.7. The van der Waals surface area contributed by atoms with Crippen LogP contribution in [0, 0.1) is 5.92 Å². The molecular weight excluding hydrogens is 602 g/mol. The van der Waals surface area contributed by atoms with E-state index in [9.17, 15) is 9.59 Å². The predicted octanol–water partition coefficient (Wildman–Crippen LogP) is 7.38. The van der Waals surface area contributed by atoms with E-state index >= 15 is 0 Å². The Hall–Kier alpha value is -3.27. The van der Waals surface area contributed by atoms with Gasteiger partial charge in [0.25, 0.3) is 0 Å². The van der Waals surface area contributed by atoms with Crippen molar-refractivity contribution in [2.75, 3.05) is 28.7 Å². The lowest BCUT2D eigenvalue weighted by Gasteiger charge is -2.38. The summed E-state index contributed by atoms with van der Waals surface area (Å²) in [4.78, 5) is 40.0. The highest BCUT2D eigenvalue weighted by Crippen LogP contribution is 2.48. The molecule has 6 rings (SSSR count). The Morgan fingerprint density at radius 2 is 1.76 bits per heavy atom. The highest BCUT2D eigenvalue weighted by atomic mass is 35.5. The minimum Gasteiger partial charge on any atom is -0.412 e. The van der Waals surface area contributed by atoms with Crippen LogP contribution in [-0.4, -0.2) is 55.8 Å². The number of benzene rings is 2. The molecule has 4 atom stereocenters. The second-order valence-electron chi connectivity index (χ2n) is 14.4. The number of amides is 2. The third kappa shape index (κ3) is 6.95. The molecule has 238 valence electrons. The van der Waals surface area contributed by atoms with Gasteiger partial charge in [-0.1, -0.05) is 56.6 Å². The summed E-state index contributed by atoms with van der Waals surface area (Å²) in [6, 6.07) is 17.4. The van der Waals surface area contributed by atoms with Crippen LogP contribution in [0.25, 0.3) is 0 Å². The molecule has 45 heavy (non-hydrogen) atoms. The van der Waals surface area contributed by atoms with Crippen molar-refractivity contribution < 1.29 is 14.0 Å². The average molecular weight is 646 g/mol. The van der Waals surface area contributed by atoms with Gasteiger partial charge >= 0.3 is 0 Å². The third-order valence-electron chi connectivity index (χ3n) is 10.1. The fraction of sp³-hybridized carbons (Fsp3) is 0.486. The van der Waals surface area contributed by atoms with Gasteiger partial charge in [-0.2, -0.15) is 0 Å². The van der Waals surface area contributed by atoms with E-state index in [1.165, 1.54) is 24.7 Å². The largest absolute Gasteiger partial charge is 0.412 e. The number of likely N-dealkylation sites (N-methyl/N-ethyl adjacent to an activating group) is 1. The molecule has 10 heteroatoms. The number of nitrogens with one attached hydrogen (secondary N) is 1. The summed E-state index contributed by atoms with van der Waals surface area (Å²) in [6.07, 6.45) is 5.15. The Labute approximate surface area is 272 Å². The second-order valence-corrected chi connectivity index (χ2v) is 19.6. The van der Waals surface area contributed by atoms with E-state index in [0.29, 0.717) is 35.5 Å². The van der Waals surface area contributed by atoms with Gasteiger partial charge in [-0.15, -0.1) is 0 Å². The van der Waals surface area contributed by atoms with Crippen LogP contribution < -0.4 is 15.1 Å². The molecule has 1 aromatic heterocycles. The van der Waals surface area contributed by atoms with E-state index in [1.807, 2.05) is 48.3 Å². The zero-order valence-corrected chi connectivity index (χ0v) is 28.8. The van der Waals surface area contributed by atoms with Gasteiger partial charge in [0.15, 0.2) is 8.32 Å². The quantitative estimate of drug-likeness (QED) is 0.244. The lowest BCUT2D eigenvalue weighted by Crippen LogP contribution is -2.45. The highest BCUT2D eigenvalue weighted by molar-refractivity contribution is 6.74. The minimum atomic E-state index is -2.09. The molecule has 2 heterocycles. The standard InChI is InChI=1S/C35H44ClN5O3Si/c1-35(2,3)45(5,6)44-27-17-30(34(43)40(4)26-14-12-23(13-15-26)22-10-11-22)41(20-27)32-19-31(37-21-38-32)39-33(42)29-18-28(29)24-8-7-9-25(36)16-24/h7-9,12-16,19,21-22,27-30H,10-11,17-18,20H2,1-6H3,(H,37,38,39,42)/t27-,28+,29-,30+/m0/s1. The molecule has 2 saturated carbocycles. The van der Waals surface area contributed by atoms with Gasteiger partial charge in [0.1, 0.15) is 24.0 Å². The number of hydrogen-bond acceptors (Lipinski definition) is 6. The molecule has 2 aliphatic carbocycles. The Kier molecular flexibility index (Phi) is 8.56. The zero-order valence-electron chi connectivity index (χ0n) is 27.1. The maximum atomic E-state index is 14.1. The van der Waals surface area contributed by atoms with Crippen molar-refractivity contribution >= 4 is 49.1 Å². The number of anilines is 3. The van der Waals surface area contributed by atoms with Crippen LogP contribution in [0.5, 0.6) is 0 Å². The number of halogens is 1. The molecular formula is C35H44ClN5O3Si. The van der Waals surface area contributed by atoms with Crippen LogP contribution in [0.2, 0.25) is 23.2 Å². The van der Waals surface area contributed by atoms with E-state index in [-0.39, 0.29) is 34.8 Å². The van der Waals surface area contributed by atoms with E-state index in [2.05, 4.69) is 61.3 Å². The summed E-state index contributed by atoms with van der Waals surface area (Å²) >= 11 is 6.17. The minimum absolute atomic E-state index is 0.0120. The summed E-state index contributed by atoms with van der Waals surface area (Å²) < 4.78 is 6.83. The molecule has 1 N–H and O–H groups in total. The smallest absolute Gasteiger partial charge is 0.249 e. The van der Waals surface area contributed by atoms with Crippen LogP contribution in [0.3, 0.4) is 0 Å². The molecule has 2 aromatic carbocycles. The van der Waals surface area contributed by atoms with Crippen molar-refractivity contribution in [3.8, 4) is 0 Å². The lowest BCUT2D eigenvalue weighted by atomic mass is 10.1. The van der Waals surface area contributed by atoms with Crippen LogP contribution >= 0.6 is 11.6 Å². The maximum absolute atomic E-state index is 14.1. The van der Waals surface area contributed by atoms with Crippen LogP contribution in [0.4, 0.5) is 17.3 Å². The van der Waals surface area contributed by atoms with Crippen molar-refractivity contribution in [1.29, 1.82) is 0 Å². The second kappa shape index (κ2) is 12.2. The first-order chi connectivity index (χ1) is 21.3. The van der Waals surface area contributed by atoms with Gasteiger partial charge in [-0.05, 0) is 84.6 Å². The van der Waals surface area contributed by atoms with E-state index in [1.54, 1.807) is 11.0 Å². The summed E-state index contributed by atoms with van der Waals surface area (Å²) in [5.74, 6) is 1.60. The van der Waals surface area contributed by atoms with Crippen molar-refractivity contribution in [1.82, 2.24) is 9.97 Å². The Balaban J connectivity index is 1.20. The summed E-state index contributed by atoms with van der Waals surface area (Å²) in [5, 5.41) is 3.71. The highest BCUT2D eigenvalue weighted by Gasteiger charge is 2.46. The molecule has 1 aliphatic heterocycles. The Bertz CT molecular complexity index is 1570. The van der Waals surface area contributed by atoms with E-state index in [4.69, 9.17) is 16.0 Å². The third-order valence-corrected chi connectivity index (χ3v) is 14.8. The molecule has 0 spiro atoms. The van der Waals surface area contributed by atoms with Gasteiger partial charge in [0.05, 0.1) is 6.10 Å². The number of rotatable bonds is 9. The number of aromatic nitrogens is 2. The normalized spacial score (nSPS) is 23.1.